The molecule has 3 aliphatic rings. The Morgan fingerprint density at radius 1 is 0.439 bits per heavy atom. The Balaban J connectivity index is 1.34. The quantitative estimate of drug-likeness (QED) is 0.143. The molecular formula is C56H36Cl4N4O2. The van der Waals surface area contributed by atoms with Crippen LogP contribution < -0.4 is 14.7 Å². The van der Waals surface area contributed by atoms with Gasteiger partial charge in [0.2, 0.25) is 5.91 Å². The maximum Gasteiger partial charge on any atom is 0.252 e. The van der Waals surface area contributed by atoms with Crippen molar-refractivity contribution < 1.29 is 9.59 Å². The van der Waals surface area contributed by atoms with Gasteiger partial charge in [0.1, 0.15) is 17.0 Å². The molecule has 1 atom stereocenters. The van der Waals surface area contributed by atoms with E-state index in [2.05, 4.69) is 4.90 Å². The molecule has 0 aliphatic carbocycles. The zero-order chi connectivity index (χ0) is 45.2. The molecule has 3 aliphatic heterocycles. The number of carbonyl (C=O) groups excluding carboxylic acids is 2. The molecule has 1 unspecified atom stereocenters. The van der Waals surface area contributed by atoms with Gasteiger partial charge in [-0.05, 0) is 113 Å². The SMILES string of the molecule is O=C1N(c2ccc(Cl)cc2)/C(=C2/C(=Nc3ccc(Cl)cc3)c3cc(Cl)ccc3N2C2N(c3ccc(Cl)cc3)C(=O)C2(c2ccccc2)c2ccccc2)C1(c1ccccc1)c1ccccc1. The van der Waals surface area contributed by atoms with Gasteiger partial charge in [-0.2, -0.15) is 0 Å². The van der Waals surface area contributed by atoms with E-state index in [0.717, 1.165) is 27.9 Å². The van der Waals surface area contributed by atoms with Crippen molar-refractivity contribution in [2.24, 2.45) is 4.99 Å². The highest BCUT2D eigenvalue weighted by Gasteiger charge is 2.69. The van der Waals surface area contributed by atoms with Crippen LogP contribution in [-0.2, 0) is 20.4 Å². The first kappa shape index (κ1) is 41.8. The molecule has 10 heteroatoms. The minimum Gasteiger partial charge on any atom is -0.314 e. The van der Waals surface area contributed by atoms with E-state index in [4.69, 9.17) is 51.4 Å². The molecule has 2 fully saturated rings. The molecular weight excluding hydrogens is 902 g/mol. The number of allylic oxidation sites excluding steroid dienone is 1. The molecule has 8 aromatic carbocycles. The van der Waals surface area contributed by atoms with E-state index in [1.807, 2.05) is 181 Å². The number of carbonyl (C=O) groups is 2. The first-order chi connectivity index (χ1) is 32.2. The standard InChI is InChI=1S/C56H36Cl4N4O2/c57-40-21-28-44(29-22-40)61-49-47-35-43(60)27-34-48(47)64(52-56(38-17-9-3-10-18-38,39-19-11-4-12-20-39)54(66)63(52)46-32-25-42(59)26-33-46)50(49)51-55(36-13-5-1-6-14-36,37-15-7-2-8-16-37)53(65)62(51)45-30-23-41(58)24-31-45/h1-35,52H/b51-50-,61-49?. The number of anilines is 3. The highest BCUT2D eigenvalue weighted by molar-refractivity contribution is 6.34. The van der Waals surface area contributed by atoms with Crippen molar-refractivity contribution in [1.29, 1.82) is 0 Å². The van der Waals surface area contributed by atoms with Gasteiger partial charge in [-0.1, -0.05) is 168 Å². The van der Waals surface area contributed by atoms with Crippen molar-refractivity contribution >= 4 is 86.7 Å². The van der Waals surface area contributed by atoms with Crippen molar-refractivity contribution in [2.45, 2.75) is 17.0 Å². The highest BCUT2D eigenvalue weighted by atomic mass is 35.5. The monoisotopic (exact) mass is 936 g/mol. The second-order valence-electron chi connectivity index (χ2n) is 16.3. The average molecular weight is 939 g/mol. The van der Waals surface area contributed by atoms with Gasteiger partial charge in [-0.25, -0.2) is 4.99 Å². The number of nitrogens with zero attached hydrogens (tertiary/aromatic N) is 4. The van der Waals surface area contributed by atoms with Crippen LogP contribution in [0.4, 0.5) is 22.7 Å². The number of hydrogen-bond acceptors (Lipinski definition) is 4. The Kier molecular flexibility index (Phi) is 10.4. The zero-order valence-corrected chi connectivity index (χ0v) is 37.9. The number of β-lactam (4-membered cyclic amide) rings is 2. The Labute approximate surface area is 402 Å². The van der Waals surface area contributed by atoms with Crippen molar-refractivity contribution in [3.05, 3.63) is 272 Å². The minimum absolute atomic E-state index is 0.146. The van der Waals surface area contributed by atoms with Gasteiger partial charge in [0.15, 0.2) is 0 Å². The lowest BCUT2D eigenvalue weighted by Gasteiger charge is -2.61. The predicted octanol–water partition coefficient (Wildman–Crippen LogP) is 13.8. The molecule has 2 amide bonds. The number of fused-ring (bicyclic) bond motifs is 1. The van der Waals surface area contributed by atoms with Crippen LogP contribution in [0.25, 0.3) is 0 Å². The summed E-state index contributed by atoms with van der Waals surface area (Å²) in [4.78, 5) is 43.2. The van der Waals surface area contributed by atoms with Gasteiger partial charge in [0.05, 0.1) is 28.5 Å². The summed E-state index contributed by atoms with van der Waals surface area (Å²) in [6, 6.07) is 67.1. The normalized spacial score (nSPS) is 18.8. The van der Waals surface area contributed by atoms with Crippen molar-refractivity contribution in [1.82, 2.24) is 0 Å². The van der Waals surface area contributed by atoms with Crippen LogP contribution in [0.1, 0.15) is 27.8 Å². The lowest BCUT2D eigenvalue weighted by Crippen LogP contribution is -2.78. The third kappa shape index (κ3) is 6.35. The summed E-state index contributed by atoms with van der Waals surface area (Å²) in [5, 5.41) is 2.10. The Morgan fingerprint density at radius 3 is 1.38 bits per heavy atom. The van der Waals surface area contributed by atoms with E-state index in [1.54, 1.807) is 41.3 Å². The fourth-order valence-corrected chi connectivity index (χ4v) is 10.5. The maximum absolute atomic E-state index is 16.0. The number of benzene rings is 8. The highest BCUT2D eigenvalue weighted by Crippen LogP contribution is 2.60. The van der Waals surface area contributed by atoms with Crippen LogP contribution in [-0.4, -0.2) is 23.7 Å². The fourth-order valence-electron chi connectivity index (χ4n) is 10.00. The van der Waals surface area contributed by atoms with Gasteiger partial charge >= 0.3 is 0 Å². The summed E-state index contributed by atoms with van der Waals surface area (Å²) in [7, 11) is 0. The lowest BCUT2D eigenvalue weighted by molar-refractivity contribution is -0.131. The van der Waals surface area contributed by atoms with E-state index >= 15 is 9.59 Å². The van der Waals surface area contributed by atoms with Crippen molar-refractivity contribution in [3.8, 4) is 0 Å². The number of amides is 2. The number of hydrogen-bond donors (Lipinski definition) is 0. The summed E-state index contributed by atoms with van der Waals surface area (Å²) in [5.74, 6) is -0.326. The summed E-state index contributed by atoms with van der Waals surface area (Å²) >= 11 is 26.6. The molecule has 0 saturated carbocycles. The largest absolute Gasteiger partial charge is 0.314 e. The minimum atomic E-state index is -1.40. The van der Waals surface area contributed by atoms with E-state index < -0.39 is 17.0 Å². The topological polar surface area (TPSA) is 56.2 Å². The van der Waals surface area contributed by atoms with Crippen LogP contribution in [0.3, 0.4) is 0 Å². The van der Waals surface area contributed by atoms with E-state index in [9.17, 15) is 0 Å². The second kappa shape index (κ2) is 16.5. The summed E-state index contributed by atoms with van der Waals surface area (Å²) < 4.78 is 0. The third-order valence-electron chi connectivity index (χ3n) is 12.8. The molecule has 11 rings (SSSR count). The van der Waals surface area contributed by atoms with Gasteiger partial charge in [-0.3, -0.25) is 19.4 Å². The van der Waals surface area contributed by atoms with Crippen LogP contribution in [0, 0.1) is 0 Å². The van der Waals surface area contributed by atoms with Crippen LogP contribution in [0.15, 0.2) is 229 Å². The lowest BCUT2D eigenvalue weighted by atomic mass is 9.62. The fraction of sp³-hybridized carbons (Fsp3) is 0.0536. The molecule has 3 heterocycles. The molecule has 0 bridgehead atoms. The smallest absolute Gasteiger partial charge is 0.252 e. The predicted molar refractivity (Wildman–Crippen MR) is 268 cm³/mol. The number of rotatable bonds is 8. The summed E-state index contributed by atoms with van der Waals surface area (Å²) in [6.07, 6.45) is -0.816. The Morgan fingerprint density at radius 2 is 0.879 bits per heavy atom. The average Bonchev–Trinajstić information content (AvgIpc) is 3.63. The molecule has 8 aromatic rings. The van der Waals surface area contributed by atoms with Gasteiger partial charge in [0.25, 0.3) is 5.91 Å². The zero-order valence-electron chi connectivity index (χ0n) is 34.9. The van der Waals surface area contributed by atoms with Gasteiger partial charge in [-0.15, -0.1) is 0 Å². The second-order valence-corrected chi connectivity index (χ2v) is 18.1. The number of aliphatic imine (C=N–C) groups is 1. The van der Waals surface area contributed by atoms with Crippen LogP contribution in [0.5, 0.6) is 0 Å². The number of halogens is 4. The molecule has 0 N–H and O–H groups in total. The first-order valence-electron chi connectivity index (χ1n) is 21.3. The summed E-state index contributed by atoms with van der Waals surface area (Å²) in [6.45, 7) is 0. The molecule has 0 spiro atoms. The Bertz CT molecular complexity index is 3140. The molecule has 320 valence electrons. The van der Waals surface area contributed by atoms with Crippen LogP contribution in [0.2, 0.25) is 20.1 Å². The van der Waals surface area contributed by atoms with E-state index in [1.165, 1.54) is 0 Å². The van der Waals surface area contributed by atoms with Gasteiger partial charge in [0, 0.05) is 37.0 Å². The molecule has 0 radical (unpaired) electrons. The third-order valence-corrected chi connectivity index (χ3v) is 13.8. The maximum atomic E-state index is 16.0. The van der Waals surface area contributed by atoms with Gasteiger partial charge < -0.3 is 4.90 Å². The molecule has 66 heavy (non-hydrogen) atoms. The Hall–Kier alpha value is -6.93. The molecule has 2 saturated heterocycles. The molecule has 0 aromatic heterocycles. The van der Waals surface area contributed by atoms with E-state index in [0.29, 0.717) is 59.8 Å². The van der Waals surface area contributed by atoms with Crippen molar-refractivity contribution in [2.75, 3.05) is 14.7 Å². The van der Waals surface area contributed by atoms with E-state index in [-0.39, 0.29) is 11.8 Å². The summed E-state index contributed by atoms with van der Waals surface area (Å²) in [5.41, 5.74) is 5.41. The first-order valence-corrected chi connectivity index (χ1v) is 22.8. The van der Waals surface area contributed by atoms with Crippen LogP contribution >= 0.6 is 46.4 Å². The molecule has 6 nitrogen and oxygen atoms in total. The van der Waals surface area contributed by atoms with Crippen molar-refractivity contribution in [3.63, 3.8) is 0 Å².